The van der Waals surface area contributed by atoms with Gasteiger partial charge in [-0.2, -0.15) is 0 Å². The molecule has 0 spiro atoms. The Kier molecular flexibility index (Phi) is 14.7. The molecule has 0 saturated carbocycles. The van der Waals surface area contributed by atoms with Crippen molar-refractivity contribution in [1.82, 2.24) is 9.13 Å². The molecular weight excluding hydrogens is 1090 g/mol. The largest absolute Gasteiger partial charge is 0.311 e. The van der Waals surface area contributed by atoms with Crippen LogP contribution in [-0.4, -0.2) is 9.13 Å². The summed E-state index contributed by atoms with van der Waals surface area (Å²) in [4.78, 5) is 9.28. The van der Waals surface area contributed by atoms with Gasteiger partial charge in [0.05, 0.1) is 22.4 Å². The van der Waals surface area contributed by atoms with Gasteiger partial charge in [-0.05, 0) is 231 Å². The highest BCUT2D eigenvalue weighted by Crippen LogP contribution is 2.44. The second kappa shape index (κ2) is 24.1. The van der Waals surface area contributed by atoms with Gasteiger partial charge < -0.3 is 28.7 Å². The number of hydrogen-bond donors (Lipinski definition) is 0. The third-order valence-electron chi connectivity index (χ3n) is 16.9. The van der Waals surface area contributed by atoms with Crippen LogP contribution >= 0.6 is 0 Å². The summed E-state index contributed by atoms with van der Waals surface area (Å²) < 4.78 is 4.89. The number of fused-ring (bicyclic) bond motifs is 2. The Balaban J connectivity index is 0.819. The molecule has 0 unspecified atom stereocenters. The van der Waals surface area contributed by atoms with Crippen LogP contribution in [0.2, 0.25) is 0 Å². The van der Waals surface area contributed by atoms with Gasteiger partial charge in [0.1, 0.15) is 0 Å². The molecule has 0 atom stereocenters. The Morgan fingerprint density at radius 2 is 0.422 bits per heavy atom. The number of nitrogens with zero attached hydrogens (tertiary/aromatic N) is 6. The number of aromatic nitrogens is 2. The van der Waals surface area contributed by atoms with E-state index in [1.807, 2.05) is 0 Å². The van der Waals surface area contributed by atoms with Crippen molar-refractivity contribution in [3.05, 3.63) is 363 Å². The maximum atomic E-state index is 2.45. The predicted molar refractivity (Wildman–Crippen MR) is 379 cm³/mol. The maximum Gasteiger partial charge on any atom is 0.0542 e. The highest BCUT2D eigenvalue weighted by Gasteiger charge is 2.22. The van der Waals surface area contributed by atoms with Gasteiger partial charge in [-0.3, -0.25) is 0 Å². The van der Waals surface area contributed by atoms with Crippen LogP contribution in [0.4, 0.5) is 68.2 Å². The smallest absolute Gasteiger partial charge is 0.0542 e. The van der Waals surface area contributed by atoms with Gasteiger partial charge in [0, 0.05) is 90.4 Å². The first-order valence-electron chi connectivity index (χ1n) is 30.7. The SMILES string of the molecule is Cc1cccc(-c2cc3cc4c(cc(-c5cccc(C)c5)n4-c4ccc(N(c5ccccc5)c5ccc(N(c6ccccc6)c6ccccc6)cc5)cc4)cc3n2-c2ccc(N(c3ccccc3)c3ccc(N(c4ccccc4)c4ccccc4)cc3)cc2)c1. The topological polar surface area (TPSA) is 22.8 Å². The van der Waals surface area contributed by atoms with Crippen molar-refractivity contribution in [1.29, 1.82) is 0 Å². The lowest BCUT2D eigenvalue weighted by molar-refractivity contribution is 1.13. The standard InChI is InChI=1S/C84H64N6/c1-61-23-21-25-63(55-61)81-57-65-59-84-66(60-83(65)89(81)79-51-47-77(48-52-79)87(71-35-17-7-18-36-71)75-43-39-73(40-44-75)85(67-27-9-3-10-28-67)68-29-11-4-12-30-68)58-82(64-26-22-24-62(2)56-64)90(84)80-53-49-78(50-54-80)88(72-37-19-8-20-38-72)76-45-41-74(42-46-76)86(69-31-13-5-14-32-69)70-33-15-6-16-34-70/h3-60H,1-2H3. The van der Waals surface area contributed by atoms with Crippen molar-refractivity contribution in [2.24, 2.45) is 0 Å². The Labute approximate surface area is 526 Å². The number of hydrogen-bond acceptors (Lipinski definition) is 4. The molecule has 0 saturated heterocycles. The summed E-state index contributed by atoms with van der Waals surface area (Å²) >= 11 is 0. The van der Waals surface area contributed by atoms with E-state index in [1.165, 1.54) is 11.1 Å². The molecule has 90 heavy (non-hydrogen) atoms. The molecule has 430 valence electrons. The first-order valence-corrected chi connectivity index (χ1v) is 30.7. The third kappa shape index (κ3) is 10.7. The molecule has 2 aromatic heterocycles. The van der Waals surface area contributed by atoms with E-state index in [0.717, 1.165) is 124 Å². The van der Waals surface area contributed by atoms with E-state index < -0.39 is 0 Å². The van der Waals surface area contributed by atoms with Gasteiger partial charge in [-0.25, -0.2) is 0 Å². The second-order valence-corrected chi connectivity index (χ2v) is 22.9. The normalized spacial score (nSPS) is 11.2. The minimum Gasteiger partial charge on any atom is -0.311 e. The number of para-hydroxylation sites is 6. The zero-order valence-corrected chi connectivity index (χ0v) is 50.2. The Bertz CT molecular complexity index is 4520. The summed E-state index contributed by atoms with van der Waals surface area (Å²) in [6.07, 6.45) is 0. The van der Waals surface area contributed by atoms with E-state index in [9.17, 15) is 0 Å². The molecule has 0 N–H and O–H groups in total. The summed E-state index contributed by atoms with van der Waals surface area (Å²) in [5.74, 6) is 0. The van der Waals surface area contributed by atoms with Gasteiger partial charge in [0.15, 0.2) is 0 Å². The Morgan fingerprint density at radius 3 is 0.656 bits per heavy atom. The monoisotopic (exact) mass is 1160 g/mol. The zero-order valence-electron chi connectivity index (χ0n) is 50.2. The summed E-state index contributed by atoms with van der Waals surface area (Å²) in [6.45, 7) is 4.35. The van der Waals surface area contributed by atoms with Gasteiger partial charge in [-0.15, -0.1) is 0 Å². The van der Waals surface area contributed by atoms with Crippen LogP contribution < -0.4 is 19.6 Å². The molecule has 0 radical (unpaired) electrons. The number of anilines is 12. The molecular formula is C84H64N6. The first kappa shape index (κ1) is 54.8. The van der Waals surface area contributed by atoms with Crippen molar-refractivity contribution >= 4 is 90.1 Å². The molecule has 13 aromatic carbocycles. The van der Waals surface area contributed by atoms with Crippen LogP contribution in [0.5, 0.6) is 0 Å². The molecule has 0 fully saturated rings. The van der Waals surface area contributed by atoms with Crippen molar-refractivity contribution in [2.45, 2.75) is 13.8 Å². The molecule has 6 heteroatoms. The number of rotatable bonds is 16. The van der Waals surface area contributed by atoms with E-state index >= 15 is 0 Å². The minimum atomic E-state index is 1.06. The predicted octanol–water partition coefficient (Wildman–Crippen LogP) is 23.4. The van der Waals surface area contributed by atoms with E-state index in [1.54, 1.807) is 0 Å². The molecule has 0 amide bonds. The van der Waals surface area contributed by atoms with Crippen LogP contribution in [0.15, 0.2) is 352 Å². The molecule has 0 aliphatic rings. The highest BCUT2D eigenvalue weighted by molar-refractivity contribution is 6.02. The molecule has 2 heterocycles. The summed E-state index contributed by atoms with van der Waals surface area (Å²) in [5.41, 5.74) is 24.4. The molecule has 6 nitrogen and oxygen atoms in total. The number of benzene rings is 13. The van der Waals surface area contributed by atoms with Gasteiger partial charge in [0.2, 0.25) is 0 Å². The summed E-state index contributed by atoms with van der Waals surface area (Å²) in [6, 6.07) is 127. The Hall–Kier alpha value is -11.9. The van der Waals surface area contributed by atoms with Crippen molar-refractivity contribution < 1.29 is 0 Å². The summed E-state index contributed by atoms with van der Waals surface area (Å²) in [5, 5.41) is 2.30. The average molecular weight is 1160 g/mol. The fourth-order valence-electron chi connectivity index (χ4n) is 12.8. The van der Waals surface area contributed by atoms with E-state index in [2.05, 4.69) is 394 Å². The van der Waals surface area contributed by atoms with Crippen LogP contribution in [0.1, 0.15) is 11.1 Å². The first-order chi connectivity index (χ1) is 44.5. The van der Waals surface area contributed by atoms with Crippen LogP contribution in [0.3, 0.4) is 0 Å². The second-order valence-electron chi connectivity index (χ2n) is 22.9. The zero-order chi connectivity index (χ0) is 60.3. The van der Waals surface area contributed by atoms with E-state index in [0.29, 0.717) is 0 Å². The van der Waals surface area contributed by atoms with E-state index in [-0.39, 0.29) is 0 Å². The number of aryl methyl sites for hydroxylation is 2. The third-order valence-corrected chi connectivity index (χ3v) is 16.9. The van der Waals surface area contributed by atoms with Gasteiger partial charge >= 0.3 is 0 Å². The molecule has 15 rings (SSSR count). The maximum absolute atomic E-state index is 2.45. The fourth-order valence-corrected chi connectivity index (χ4v) is 12.8. The molecule has 0 aliphatic carbocycles. The van der Waals surface area contributed by atoms with Crippen LogP contribution in [0, 0.1) is 13.8 Å². The van der Waals surface area contributed by atoms with Gasteiger partial charge in [-0.1, -0.05) is 157 Å². The highest BCUT2D eigenvalue weighted by atomic mass is 15.2. The quantitative estimate of drug-likeness (QED) is 0.0962. The van der Waals surface area contributed by atoms with Crippen LogP contribution in [0.25, 0.3) is 55.7 Å². The lowest BCUT2D eigenvalue weighted by Crippen LogP contribution is -2.12. The van der Waals surface area contributed by atoms with Crippen molar-refractivity contribution in [2.75, 3.05) is 19.6 Å². The van der Waals surface area contributed by atoms with Crippen molar-refractivity contribution in [3.8, 4) is 33.9 Å². The molecule has 0 aliphatic heterocycles. The minimum absolute atomic E-state index is 1.06. The fraction of sp³-hybridized carbons (Fsp3) is 0.0238. The van der Waals surface area contributed by atoms with Crippen LogP contribution in [-0.2, 0) is 0 Å². The molecule has 0 bridgehead atoms. The van der Waals surface area contributed by atoms with E-state index in [4.69, 9.17) is 0 Å². The summed E-state index contributed by atoms with van der Waals surface area (Å²) in [7, 11) is 0. The lowest BCUT2D eigenvalue weighted by Gasteiger charge is -2.28. The van der Waals surface area contributed by atoms with Crippen molar-refractivity contribution in [3.63, 3.8) is 0 Å². The lowest BCUT2D eigenvalue weighted by atomic mass is 10.1. The molecule has 15 aromatic rings. The Morgan fingerprint density at radius 1 is 0.200 bits per heavy atom. The average Bonchev–Trinajstić information content (AvgIpc) is 1.60. The van der Waals surface area contributed by atoms with Gasteiger partial charge in [0.25, 0.3) is 0 Å².